The SMILES string of the molecule is CC(=O)SC1CC(=O)N(c2ccccc2OC(F)(F)F)C1. The lowest BCUT2D eigenvalue weighted by Crippen LogP contribution is -2.27. The van der Waals surface area contributed by atoms with Crippen LogP contribution >= 0.6 is 11.8 Å². The van der Waals surface area contributed by atoms with Crippen LogP contribution in [0.15, 0.2) is 24.3 Å². The zero-order valence-corrected chi connectivity index (χ0v) is 11.8. The van der Waals surface area contributed by atoms with Gasteiger partial charge in [-0.05, 0) is 12.1 Å². The number of hydrogen-bond acceptors (Lipinski definition) is 4. The minimum Gasteiger partial charge on any atom is -0.404 e. The monoisotopic (exact) mass is 319 g/mol. The van der Waals surface area contributed by atoms with E-state index < -0.39 is 12.1 Å². The maximum absolute atomic E-state index is 12.4. The largest absolute Gasteiger partial charge is 0.573 e. The second-order valence-corrected chi connectivity index (χ2v) is 5.93. The molecule has 1 amide bonds. The van der Waals surface area contributed by atoms with Crippen molar-refractivity contribution < 1.29 is 27.5 Å². The molecular formula is C13H12F3NO3S. The number of benzene rings is 1. The van der Waals surface area contributed by atoms with Crippen LogP contribution in [0.3, 0.4) is 0 Å². The molecule has 0 spiro atoms. The number of halogens is 3. The van der Waals surface area contributed by atoms with Gasteiger partial charge in [0.2, 0.25) is 5.91 Å². The lowest BCUT2D eigenvalue weighted by molar-refractivity contribution is -0.274. The summed E-state index contributed by atoms with van der Waals surface area (Å²) in [4.78, 5) is 24.2. The first-order chi connectivity index (χ1) is 9.76. The van der Waals surface area contributed by atoms with Crippen LogP contribution in [0, 0.1) is 0 Å². The Bertz CT molecular complexity index is 562. The molecule has 1 aromatic carbocycles. The van der Waals surface area contributed by atoms with Crippen LogP contribution in [-0.4, -0.2) is 29.2 Å². The molecule has 1 aromatic rings. The second-order valence-electron chi connectivity index (χ2n) is 4.46. The molecule has 1 aliphatic rings. The number of hydrogen-bond donors (Lipinski definition) is 0. The number of rotatable bonds is 3. The van der Waals surface area contributed by atoms with Gasteiger partial charge in [-0.2, -0.15) is 0 Å². The van der Waals surface area contributed by atoms with Crippen molar-refractivity contribution in [2.75, 3.05) is 11.4 Å². The zero-order valence-electron chi connectivity index (χ0n) is 11.0. The highest BCUT2D eigenvalue weighted by molar-refractivity contribution is 8.14. The Balaban J connectivity index is 2.22. The normalized spacial score (nSPS) is 19.0. The highest BCUT2D eigenvalue weighted by atomic mass is 32.2. The summed E-state index contributed by atoms with van der Waals surface area (Å²) >= 11 is 1.02. The second kappa shape index (κ2) is 5.97. The fraction of sp³-hybridized carbons (Fsp3) is 0.385. The minimum atomic E-state index is -4.83. The van der Waals surface area contributed by atoms with Crippen molar-refractivity contribution >= 4 is 28.5 Å². The number of ether oxygens (including phenoxy) is 1. The van der Waals surface area contributed by atoms with Crippen LogP contribution in [-0.2, 0) is 9.59 Å². The van der Waals surface area contributed by atoms with E-state index >= 15 is 0 Å². The van der Waals surface area contributed by atoms with E-state index in [2.05, 4.69) is 4.74 Å². The molecule has 0 N–H and O–H groups in total. The van der Waals surface area contributed by atoms with Crippen molar-refractivity contribution in [2.45, 2.75) is 25.0 Å². The van der Waals surface area contributed by atoms with Crippen molar-refractivity contribution in [2.24, 2.45) is 0 Å². The topological polar surface area (TPSA) is 46.6 Å². The van der Waals surface area contributed by atoms with Crippen molar-refractivity contribution in [3.63, 3.8) is 0 Å². The Labute approximate surface area is 123 Å². The molecule has 1 heterocycles. The Morgan fingerprint density at radius 1 is 1.38 bits per heavy atom. The smallest absolute Gasteiger partial charge is 0.404 e. The number of carbonyl (C=O) groups excluding carboxylic acids is 2. The van der Waals surface area contributed by atoms with Gasteiger partial charge in [0, 0.05) is 25.1 Å². The molecule has 114 valence electrons. The molecular weight excluding hydrogens is 307 g/mol. The van der Waals surface area contributed by atoms with Crippen molar-refractivity contribution in [1.82, 2.24) is 0 Å². The van der Waals surface area contributed by atoms with Crippen LogP contribution in [0.5, 0.6) is 5.75 Å². The van der Waals surface area contributed by atoms with E-state index in [0.29, 0.717) is 0 Å². The number of thioether (sulfide) groups is 1. The fourth-order valence-electron chi connectivity index (χ4n) is 2.11. The summed E-state index contributed by atoms with van der Waals surface area (Å²) in [5.41, 5.74) is 0.0616. The Hall–Kier alpha value is -1.70. The summed E-state index contributed by atoms with van der Waals surface area (Å²) in [6.45, 7) is 1.57. The molecule has 1 aliphatic heterocycles. The molecule has 1 atom stereocenters. The molecule has 4 nitrogen and oxygen atoms in total. The number of anilines is 1. The van der Waals surface area contributed by atoms with Gasteiger partial charge in [-0.25, -0.2) is 0 Å². The van der Waals surface area contributed by atoms with Crippen LogP contribution in [0.1, 0.15) is 13.3 Å². The summed E-state index contributed by atoms with van der Waals surface area (Å²) < 4.78 is 41.1. The number of nitrogens with zero attached hydrogens (tertiary/aromatic N) is 1. The van der Waals surface area contributed by atoms with E-state index in [4.69, 9.17) is 0 Å². The zero-order chi connectivity index (χ0) is 15.6. The van der Waals surface area contributed by atoms with Gasteiger partial charge in [-0.1, -0.05) is 23.9 Å². The van der Waals surface area contributed by atoms with Gasteiger partial charge in [0.25, 0.3) is 0 Å². The third-order valence-corrected chi connectivity index (χ3v) is 3.78. The molecule has 1 fully saturated rings. The number of carbonyl (C=O) groups is 2. The Morgan fingerprint density at radius 2 is 2.05 bits per heavy atom. The first kappa shape index (κ1) is 15.7. The minimum absolute atomic E-state index is 0.0616. The molecule has 8 heteroatoms. The third kappa shape index (κ3) is 4.13. The van der Waals surface area contributed by atoms with E-state index in [1.807, 2.05) is 0 Å². The summed E-state index contributed by atoms with van der Waals surface area (Å²) in [7, 11) is 0. The maximum Gasteiger partial charge on any atom is 0.573 e. The lowest BCUT2D eigenvalue weighted by Gasteiger charge is -2.20. The molecule has 0 aliphatic carbocycles. The molecule has 1 saturated heterocycles. The summed E-state index contributed by atoms with van der Waals surface area (Å²) in [5, 5.41) is -0.386. The number of alkyl halides is 3. The average molecular weight is 319 g/mol. The van der Waals surface area contributed by atoms with Gasteiger partial charge in [0.15, 0.2) is 10.9 Å². The predicted molar refractivity (Wildman–Crippen MR) is 72.2 cm³/mol. The van der Waals surface area contributed by atoms with Crippen molar-refractivity contribution in [3.05, 3.63) is 24.3 Å². The third-order valence-electron chi connectivity index (χ3n) is 2.80. The van der Waals surface area contributed by atoms with E-state index in [1.54, 1.807) is 0 Å². The van der Waals surface area contributed by atoms with Crippen LogP contribution in [0.25, 0.3) is 0 Å². The highest BCUT2D eigenvalue weighted by Gasteiger charge is 2.36. The van der Waals surface area contributed by atoms with Gasteiger partial charge < -0.3 is 9.64 Å². The van der Waals surface area contributed by atoms with Crippen LogP contribution < -0.4 is 9.64 Å². The fourth-order valence-corrected chi connectivity index (χ4v) is 3.03. The predicted octanol–water partition coefficient (Wildman–Crippen LogP) is 2.97. The molecule has 1 unspecified atom stereocenters. The molecule has 0 aromatic heterocycles. The summed E-state index contributed by atoms with van der Waals surface area (Å²) in [5.74, 6) is -0.751. The first-order valence-corrected chi connectivity index (χ1v) is 6.96. The molecule has 0 saturated carbocycles. The van der Waals surface area contributed by atoms with Gasteiger partial charge in [0.05, 0.1) is 5.69 Å². The quantitative estimate of drug-likeness (QED) is 0.859. The van der Waals surface area contributed by atoms with E-state index in [0.717, 1.165) is 17.8 Å². The summed E-state index contributed by atoms with van der Waals surface area (Å²) in [6, 6.07) is 5.46. The molecule has 0 bridgehead atoms. The van der Waals surface area contributed by atoms with E-state index in [9.17, 15) is 22.8 Å². The van der Waals surface area contributed by atoms with Crippen molar-refractivity contribution in [1.29, 1.82) is 0 Å². The highest BCUT2D eigenvalue weighted by Crippen LogP contribution is 2.36. The van der Waals surface area contributed by atoms with Gasteiger partial charge in [0.1, 0.15) is 0 Å². The first-order valence-electron chi connectivity index (χ1n) is 6.08. The molecule has 0 radical (unpaired) electrons. The standard InChI is InChI=1S/C13H12F3NO3S/c1-8(18)21-9-6-12(19)17(7-9)10-4-2-3-5-11(10)20-13(14,15)16/h2-5,9H,6-7H2,1H3. The van der Waals surface area contributed by atoms with Gasteiger partial charge in [-0.3, -0.25) is 9.59 Å². The number of amides is 1. The lowest BCUT2D eigenvalue weighted by atomic mass is 10.2. The van der Waals surface area contributed by atoms with Gasteiger partial charge in [-0.15, -0.1) is 13.2 Å². The molecule has 2 rings (SSSR count). The van der Waals surface area contributed by atoms with E-state index in [-0.39, 0.29) is 34.9 Å². The van der Waals surface area contributed by atoms with Crippen molar-refractivity contribution in [3.8, 4) is 5.75 Å². The number of para-hydroxylation sites is 2. The average Bonchev–Trinajstić information content (AvgIpc) is 2.67. The Morgan fingerprint density at radius 3 is 2.67 bits per heavy atom. The van der Waals surface area contributed by atoms with E-state index in [1.165, 1.54) is 30.0 Å². The van der Waals surface area contributed by atoms with Crippen LogP contribution in [0.2, 0.25) is 0 Å². The Kier molecular flexibility index (Phi) is 4.46. The van der Waals surface area contributed by atoms with Crippen LogP contribution in [0.4, 0.5) is 18.9 Å². The summed E-state index contributed by atoms with van der Waals surface area (Å²) in [6.07, 6.45) is -4.71. The maximum atomic E-state index is 12.4. The van der Waals surface area contributed by atoms with Gasteiger partial charge >= 0.3 is 6.36 Å². The molecule has 21 heavy (non-hydrogen) atoms.